The van der Waals surface area contributed by atoms with Gasteiger partial charge in [-0.05, 0) is 30.3 Å². The van der Waals surface area contributed by atoms with Crippen molar-refractivity contribution in [2.75, 3.05) is 7.11 Å². The van der Waals surface area contributed by atoms with Crippen LogP contribution in [0.2, 0.25) is 0 Å². The van der Waals surface area contributed by atoms with Crippen LogP contribution in [0.4, 0.5) is 0 Å². The molecule has 0 aliphatic heterocycles. The molecule has 0 saturated heterocycles. The Labute approximate surface area is 111 Å². The molecule has 0 spiro atoms. The van der Waals surface area contributed by atoms with Gasteiger partial charge in [0.15, 0.2) is 0 Å². The maximum absolute atomic E-state index is 12.4. The lowest BCUT2D eigenvalue weighted by Crippen LogP contribution is -2.10. The zero-order valence-electron chi connectivity index (χ0n) is 10.5. The molecular formula is C16H13NO2. The van der Waals surface area contributed by atoms with Crippen molar-refractivity contribution in [1.82, 2.24) is 4.57 Å². The van der Waals surface area contributed by atoms with Crippen LogP contribution in [0.5, 0.6) is 5.75 Å². The second-order valence-electron chi connectivity index (χ2n) is 4.28. The molecule has 0 radical (unpaired) electrons. The Morgan fingerprint density at radius 3 is 2.58 bits per heavy atom. The van der Waals surface area contributed by atoms with E-state index in [1.807, 2.05) is 54.6 Å². The fourth-order valence-corrected chi connectivity index (χ4v) is 2.13. The van der Waals surface area contributed by atoms with Crippen molar-refractivity contribution in [2.24, 2.45) is 0 Å². The fourth-order valence-electron chi connectivity index (χ4n) is 2.13. The third-order valence-corrected chi connectivity index (χ3v) is 3.14. The van der Waals surface area contributed by atoms with Gasteiger partial charge in [-0.1, -0.05) is 18.2 Å². The third kappa shape index (κ3) is 1.99. The lowest BCUT2D eigenvalue weighted by molar-refractivity contribution is 0.0965. The van der Waals surface area contributed by atoms with Crippen LogP contribution < -0.4 is 4.74 Å². The van der Waals surface area contributed by atoms with Crippen molar-refractivity contribution in [3.8, 4) is 5.75 Å². The first-order valence-electron chi connectivity index (χ1n) is 6.04. The summed E-state index contributed by atoms with van der Waals surface area (Å²) < 4.78 is 6.85. The number of rotatable bonds is 2. The molecule has 19 heavy (non-hydrogen) atoms. The van der Waals surface area contributed by atoms with Crippen molar-refractivity contribution in [1.29, 1.82) is 0 Å². The number of methoxy groups -OCH3 is 1. The Hall–Kier alpha value is -2.55. The van der Waals surface area contributed by atoms with E-state index in [1.54, 1.807) is 17.9 Å². The highest BCUT2D eigenvalue weighted by atomic mass is 16.5. The summed E-state index contributed by atoms with van der Waals surface area (Å²) in [7, 11) is 1.62. The number of benzene rings is 2. The van der Waals surface area contributed by atoms with Crippen molar-refractivity contribution in [3.63, 3.8) is 0 Å². The minimum absolute atomic E-state index is 0.0381. The maximum atomic E-state index is 12.4. The Morgan fingerprint density at radius 2 is 1.84 bits per heavy atom. The molecular weight excluding hydrogens is 238 g/mol. The number of aromatic nitrogens is 1. The first kappa shape index (κ1) is 11.5. The summed E-state index contributed by atoms with van der Waals surface area (Å²) in [6.45, 7) is 0. The Bertz CT molecular complexity index is 729. The fraction of sp³-hybridized carbons (Fsp3) is 0.0625. The van der Waals surface area contributed by atoms with E-state index in [1.165, 1.54) is 0 Å². The largest absolute Gasteiger partial charge is 0.497 e. The third-order valence-electron chi connectivity index (χ3n) is 3.14. The highest BCUT2D eigenvalue weighted by Crippen LogP contribution is 2.22. The maximum Gasteiger partial charge on any atom is 0.262 e. The van der Waals surface area contributed by atoms with Gasteiger partial charge in [0.1, 0.15) is 5.75 Å². The predicted molar refractivity (Wildman–Crippen MR) is 74.7 cm³/mol. The van der Waals surface area contributed by atoms with E-state index in [0.29, 0.717) is 5.56 Å². The van der Waals surface area contributed by atoms with Gasteiger partial charge in [-0.2, -0.15) is 0 Å². The van der Waals surface area contributed by atoms with E-state index in [4.69, 9.17) is 4.74 Å². The van der Waals surface area contributed by atoms with Gasteiger partial charge in [0.2, 0.25) is 0 Å². The number of carbonyl (C=O) groups is 1. The minimum Gasteiger partial charge on any atom is -0.497 e. The van der Waals surface area contributed by atoms with Crippen LogP contribution in [-0.2, 0) is 0 Å². The standard InChI is InChI=1S/C16H13NO2/c1-19-14-8-7-12-9-10-17(15(12)11-14)16(18)13-5-3-2-4-6-13/h2-11H,1H3. The Balaban J connectivity index is 2.12. The van der Waals surface area contributed by atoms with E-state index in [9.17, 15) is 4.79 Å². The van der Waals surface area contributed by atoms with Crippen molar-refractivity contribution in [3.05, 3.63) is 66.4 Å². The van der Waals surface area contributed by atoms with Gasteiger partial charge in [0.05, 0.1) is 12.6 Å². The molecule has 94 valence electrons. The SMILES string of the molecule is COc1ccc2ccn(C(=O)c3ccccc3)c2c1. The number of ether oxygens (including phenoxy) is 1. The smallest absolute Gasteiger partial charge is 0.262 e. The van der Waals surface area contributed by atoms with Crippen LogP contribution in [-0.4, -0.2) is 17.6 Å². The van der Waals surface area contributed by atoms with Crippen molar-refractivity contribution < 1.29 is 9.53 Å². The number of nitrogens with zero attached hydrogens (tertiary/aromatic N) is 1. The van der Waals surface area contributed by atoms with Crippen LogP contribution in [0.15, 0.2) is 60.8 Å². The van der Waals surface area contributed by atoms with Crippen LogP contribution >= 0.6 is 0 Å². The summed E-state index contributed by atoms with van der Waals surface area (Å²) in [6.07, 6.45) is 1.79. The summed E-state index contributed by atoms with van der Waals surface area (Å²) >= 11 is 0. The molecule has 0 N–H and O–H groups in total. The molecule has 1 aromatic heterocycles. The molecule has 0 aliphatic carbocycles. The second kappa shape index (κ2) is 4.61. The molecule has 0 aliphatic rings. The van der Waals surface area contributed by atoms with Crippen LogP contribution in [0, 0.1) is 0 Å². The summed E-state index contributed by atoms with van der Waals surface area (Å²) in [4.78, 5) is 12.4. The number of fused-ring (bicyclic) bond motifs is 1. The van der Waals surface area contributed by atoms with Gasteiger partial charge in [0.25, 0.3) is 5.91 Å². The molecule has 3 rings (SSSR count). The second-order valence-corrected chi connectivity index (χ2v) is 4.28. The van der Waals surface area contributed by atoms with Gasteiger partial charge < -0.3 is 4.74 Å². The van der Waals surface area contributed by atoms with Gasteiger partial charge in [-0.25, -0.2) is 0 Å². The summed E-state index contributed by atoms with van der Waals surface area (Å²) in [5.74, 6) is 0.706. The number of hydrogen-bond acceptors (Lipinski definition) is 2. The molecule has 0 atom stereocenters. The lowest BCUT2D eigenvalue weighted by atomic mass is 10.2. The van der Waals surface area contributed by atoms with E-state index in [2.05, 4.69) is 0 Å². The first-order chi connectivity index (χ1) is 9.29. The van der Waals surface area contributed by atoms with E-state index >= 15 is 0 Å². The van der Waals surface area contributed by atoms with Gasteiger partial charge in [-0.3, -0.25) is 9.36 Å². The summed E-state index contributed by atoms with van der Waals surface area (Å²) in [6, 6.07) is 16.9. The van der Waals surface area contributed by atoms with Crippen LogP contribution in [0.1, 0.15) is 10.4 Å². The monoisotopic (exact) mass is 251 g/mol. The van der Waals surface area contributed by atoms with E-state index in [0.717, 1.165) is 16.7 Å². The zero-order valence-corrected chi connectivity index (χ0v) is 10.5. The Kier molecular flexibility index (Phi) is 2.80. The normalized spacial score (nSPS) is 10.6. The van der Waals surface area contributed by atoms with Crippen LogP contribution in [0.3, 0.4) is 0 Å². The molecule has 2 aromatic carbocycles. The summed E-state index contributed by atoms with van der Waals surface area (Å²) in [5.41, 5.74) is 1.52. The lowest BCUT2D eigenvalue weighted by Gasteiger charge is -2.05. The van der Waals surface area contributed by atoms with E-state index < -0.39 is 0 Å². The van der Waals surface area contributed by atoms with Gasteiger partial charge in [-0.15, -0.1) is 0 Å². The minimum atomic E-state index is -0.0381. The quantitative estimate of drug-likeness (QED) is 0.699. The Morgan fingerprint density at radius 1 is 1.05 bits per heavy atom. The van der Waals surface area contributed by atoms with Crippen molar-refractivity contribution in [2.45, 2.75) is 0 Å². The van der Waals surface area contributed by atoms with E-state index in [-0.39, 0.29) is 5.91 Å². The molecule has 1 heterocycles. The molecule has 3 aromatic rings. The number of hydrogen-bond donors (Lipinski definition) is 0. The average Bonchev–Trinajstić information content (AvgIpc) is 2.90. The predicted octanol–water partition coefficient (Wildman–Crippen LogP) is 3.34. The molecule has 3 heteroatoms. The van der Waals surface area contributed by atoms with Crippen molar-refractivity contribution >= 4 is 16.8 Å². The molecule has 0 unspecified atom stereocenters. The van der Waals surface area contributed by atoms with Crippen LogP contribution in [0.25, 0.3) is 10.9 Å². The molecule has 0 bridgehead atoms. The molecule has 0 fully saturated rings. The van der Waals surface area contributed by atoms with Gasteiger partial charge >= 0.3 is 0 Å². The average molecular weight is 251 g/mol. The highest BCUT2D eigenvalue weighted by molar-refractivity contribution is 6.02. The molecule has 0 saturated carbocycles. The van der Waals surface area contributed by atoms with Gasteiger partial charge in [0, 0.05) is 23.2 Å². The molecule has 0 amide bonds. The summed E-state index contributed by atoms with van der Waals surface area (Å²) in [5, 5.41) is 1.02. The molecule has 3 nitrogen and oxygen atoms in total. The zero-order chi connectivity index (χ0) is 13.2. The number of carbonyl (C=O) groups excluding carboxylic acids is 1. The highest BCUT2D eigenvalue weighted by Gasteiger charge is 2.11. The topological polar surface area (TPSA) is 31.2 Å². The first-order valence-corrected chi connectivity index (χ1v) is 6.04.